The number of anilines is 4. The number of nitrogens with two attached hydrogens (primary N) is 1. The van der Waals surface area contributed by atoms with Gasteiger partial charge >= 0.3 is 0 Å². The van der Waals surface area contributed by atoms with Gasteiger partial charge in [0.2, 0.25) is 5.95 Å². The van der Waals surface area contributed by atoms with E-state index in [9.17, 15) is 13.6 Å². The molecule has 226 valence electrons. The first-order valence-corrected chi connectivity index (χ1v) is 14.8. The lowest BCUT2D eigenvalue weighted by Gasteiger charge is -2.18. The Balaban J connectivity index is 1.34. The summed E-state index contributed by atoms with van der Waals surface area (Å²) in [6.45, 7) is 7.62. The number of ether oxygens (including phenoxy) is 1. The molecule has 0 aliphatic rings. The summed E-state index contributed by atoms with van der Waals surface area (Å²) in [5.74, 6) is -1.69. The molecule has 44 heavy (non-hydrogen) atoms. The lowest BCUT2D eigenvalue weighted by Crippen LogP contribution is -2.27. The molecule has 2 aromatic heterocycles. The van der Waals surface area contributed by atoms with E-state index in [4.69, 9.17) is 15.5 Å². The molecule has 2 heterocycles. The first kappa shape index (κ1) is 30.5. The van der Waals surface area contributed by atoms with E-state index in [-0.39, 0.29) is 0 Å². The summed E-state index contributed by atoms with van der Waals surface area (Å²) in [4.78, 5) is 29.2. The van der Waals surface area contributed by atoms with Gasteiger partial charge in [-0.15, -0.1) is 0 Å². The molecule has 0 spiro atoms. The first-order chi connectivity index (χ1) is 21.3. The van der Waals surface area contributed by atoms with Crippen molar-refractivity contribution in [3.8, 4) is 27.6 Å². The third kappa shape index (κ3) is 7.33. The second kappa shape index (κ2) is 14.0. The number of rotatable bonds is 12. The zero-order chi connectivity index (χ0) is 31.1. The lowest BCUT2D eigenvalue weighted by atomic mass is 10.1. The van der Waals surface area contributed by atoms with Crippen molar-refractivity contribution in [2.24, 2.45) is 0 Å². The Bertz CT molecular complexity index is 1740. The maximum atomic E-state index is 14.1. The Kier molecular flexibility index (Phi) is 9.72. The molecule has 0 aliphatic carbocycles. The fourth-order valence-electron chi connectivity index (χ4n) is 4.53. The molecule has 9 nitrogen and oxygen atoms in total. The first-order valence-electron chi connectivity index (χ1n) is 14.0. The van der Waals surface area contributed by atoms with Crippen LogP contribution in [0.3, 0.4) is 0 Å². The summed E-state index contributed by atoms with van der Waals surface area (Å²) in [7, 11) is 0. The fourth-order valence-corrected chi connectivity index (χ4v) is 5.35. The van der Waals surface area contributed by atoms with Gasteiger partial charge in [0.25, 0.3) is 5.91 Å². The van der Waals surface area contributed by atoms with E-state index >= 15 is 0 Å². The molecule has 5 rings (SSSR count). The molecule has 1 amide bonds. The van der Waals surface area contributed by atoms with E-state index in [1.54, 1.807) is 36.5 Å². The molecule has 0 radical (unpaired) electrons. The third-order valence-corrected chi connectivity index (χ3v) is 7.68. The van der Waals surface area contributed by atoms with Crippen LogP contribution in [0.1, 0.15) is 24.2 Å². The maximum absolute atomic E-state index is 14.1. The van der Waals surface area contributed by atoms with Gasteiger partial charge in [0, 0.05) is 35.7 Å². The van der Waals surface area contributed by atoms with Crippen LogP contribution >= 0.6 is 11.3 Å². The smallest absolute Gasteiger partial charge is 0.261 e. The van der Waals surface area contributed by atoms with Gasteiger partial charge in [0.1, 0.15) is 29.6 Å². The molecule has 0 fully saturated rings. The summed E-state index contributed by atoms with van der Waals surface area (Å²) in [6, 6.07) is 19.4. The molecule has 4 N–H and O–H groups in total. The van der Waals surface area contributed by atoms with Crippen LogP contribution in [-0.2, 0) is 0 Å². The van der Waals surface area contributed by atoms with Crippen molar-refractivity contribution in [2.45, 2.75) is 13.8 Å². The molecule has 12 heteroatoms. The number of aromatic nitrogens is 3. The Morgan fingerprint density at radius 1 is 0.955 bits per heavy atom. The van der Waals surface area contributed by atoms with Crippen LogP contribution in [0.4, 0.5) is 31.2 Å². The largest absolute Gasteiger partial charge is 0.492 e. The molecule has 0 saturated heterocycles. The molecule has 0 atom stereocenters. The molecule has 3 aromatic carbocycles. The molecule has 0 unspecified atom stereocenters. The highest BCUT2D eigenvalue weighted by atomic mass is 32.1. The van der Waals surface area contributed by atoms with Gasteiger partial charge in [-0.05, 0) is 55.6 Å². The number of halogens is 2. The summed E-state index contributed by atoms with van der Waals surface area (Å²) in [5.41, 5.74) is 8.30. The van der Waals surface area contributed by atoms with Crippen molar-refractivity contribution in [3.63, 3.8) is 0 Å². The highest BCUT2D eigenvalue weighted by Gasteiger charge is 2.19. The minimum absolute atomic E-state index is 0.320. The number of hydrogen-bond donors (Lipinski definition) is 3. The van der Waals surface area contributed by atoms with E-state index in [0.717, 1.165) is 43.2 Å². The Labute approximate surface area is 257 Å². The number of thiazole rings is 1. The molecular weight excluding hydrogens is 584 g/mol. The quantitative estimate of drug-likeness (QED) is 0.140. The average molecular weight is 616 g/mol. The zero-order valence-corrected chi connectivity index (χ0v) is 25.0. The van der Waals surface area contributed by atoms with Crippen molar-refractivity contribution in [1.82, 2.24) is 19.9 Å². The van der Waals surface area contributed by atoms with Crippen molar-refractivity contribution < 1.29 is 18.3 Å². The minimum Gasteiger partial charge on any atom is -0.492 e. The number of hydrogen-bond acceptors (Lipinski definition) is 9. The van der Waals surface area contributed by atoms with E-state index in [0.29, 0.717) is 45.2 Å². The van der Waals surface area contributed by atoms with Crippen molar-refractivity contribution in [1.29, 1.82) is 0 Å². The summed E-state index contributed by atoms with van der Waals surface area (Å²) < 4.78 is 34.2. The van der Waals surface area contributed by atoms with Crippen LogP contribution in [0.15, 0.2) is 79.0 Å². The zero-order valence-electron chi connectivity index (χ0n) is 24.2. The number of nitrogens with zero attached hydrogens (tertiary/aromatic N) is 4. The van der Waals surface area contributed by atoms with Crippen LogP contribution in [0, 0.1) is 11.6 Å². The summed E-state index contributed by atoms with van der Waals surface area (Å²) in [6.07, 6.45) is 1.63. The number of nitrogen functional groups attached to an aromatic ring is 1. The molecular formula is C32H31F2N7O2S. The van der Waals surface area contributed by atoms with E-state index < -0.39 is 23.1 Å². The Morgan fingerprint density at radius 3 is 2.45 bits per heavy atom. The Hall–Kier alpha value is -4.94. The van der Waals surface area contributed by atoms with Crippen LogP contribution in [0.2, 0.25) is 0 Å². The molecule has 0 bridgehead atoms. The highest BCUT2D eigenvalue weighted by molar-refractivity contribution is 7.19. The van der Waals surface area contributed by atoms with Crippen LogP contribution in [-0.4, -0.2) is 52.0 Å². The minimum atomic E-state index is -0.948. The molecule has 5 aromatic rings. The van der Waals surface area contributed by atoms with E-state index in [1.165, 1.54) is 17.4 Å². The van der Waals surface area contributed by atoms with Crippen molar-refractivity contribution in [2.75, 3.05) is 42.6 Å². The highest BCUT2D eigenvalue weighted by Crippen LogP contribution is 2.38. The number of nitrogens with one attached hydrogen (secondary N) is 2. The SMILES string of the molecule is CCN(CC)CCOc1cccc(Nc2nccc(-c3sc(N)nc3-c3cccc(NC(=O)c4c(F)cccc4F)c3)n2)c1. The van der Waals surface area contributed by atoms with Crippen LogP contribution < -0.4 is 21.1 Å². The number of carbonyl (C=O) groups excluding carboxylic acids is 1. The van der Waals surface area contributed by atoms with Crippen LogP contribution in [0.5, 0.6) is 5.75 Å². The fraction of sp³-hybridized carbons (Fsp3) is 0.188. The Morgan fingerprint density at radius 2 is 1.68 bits per heavy atom. The second-order valence-electron chi connectivity index (χ2n) is 9.66. The predicted octanol–water partition coefficient (Wildman–Crippen LogP) is 6.84. The van der Waals surface area contributed by atoms with Gasteiger partial charge in [-0.1, -0.05) is 49.4 Å². The van der Waals surface area contributed by atoms with Gasteiger partial charge in [-0.3, -0.25) is 4.79 Å². The van der Waals surface area contributed by atoms with E-state index in [2.05, 4.69) is 39.3 Å². The van der Waals surface area contributed by atoms with E-state index in [1.807, 2.05) is 24.3 Å². The summed E-state index contributed by atoms with van der Waals surface area (Å²) >= 11 is 1.25. The average Bonchev–Trinajstić information content (AvgIpc) is 3.41. The van der Waals surface area contributed by atoms with Gasteiger partial charge in [0.05, 0.1) is 16.3 Å². The van der Waals surface area contributed by atoms with Gasteiger partial charge < -0.3 is 26.0 Å². The van der Waals surface area contributed by atoms with Gasteiger partial charge in [-0.25, -0.2) is 23.7 Å². The van der Waals surface area contributed by atoms with Crippen molar-refractivity contribution >= 4 is 39.7 Å². The van der Waals surface area contributed by atoms with Crippen LogP contribution in [0.25, 0.3) is 21.8 Å². The molecule has 0 aliphatic heterocycles. The monoisotopic (exact) mass is 615 g/mol. The number of benzene rings is 3. The standard InChI is InChI=1S/C32H31F2N7O2S/c1-3-41(4-2)16-17-43-23-11-6-10-22(19-23)38-32-36-15-14-26(39-32)29-28(40-31(35)44-29)20-8-5-9-21(18-20)37-30(42)27-24(33)12-7-13-25(27)34/h5-15,18-19H,3-4,16-17H2,1-2H3,(H2,35,40)(H,37,42)(H,36,38,39). The summed E-state index contributed by atoms with van der Waals surface area (Å²) in [5, 5.41) is 6.11. The third-order valence-electron chi connectivity index (χ3n) is 6.78. The lowest BCUT2D eigenvalue weighted by molar-refractivity contribution is 0.101. The number of carbonyl (C=O) groups is 1. The molecule has 0 saturated carbocycles. The predicted molar refractivity (Wildman–Crippen MR) is 170 cm³/mol. The normalized spacial score (nSPS) is 11.0. The maximum Gasteiger partial charge on any atom is 0.261 e. The number of likely N-dealkylation sites (N-methyl/N-ethyl adjacent to an activating group) is 1. The number of amides is 1. The van der Waals surface area contributed by atoms with Gasteiger partial charge in [0.15, 0.2) is 5.13 Å². The topological polar surface area (TPSA) is 118 Å². The second-order valence-corrected chi connectivity index (χ2v) is 10.7. The van der Waals surface area contributed by atoms with Gasteiger partial charge in [-0.2, -0.15) is 0 Å². The van der Waals surface area contributed by atoms with Crippen molar-refractivity contribution in [3.05, 3.63) is 96.2 Å².